The molecule has 2 heterocycles. The van der Waals surface area contributed by atoms with Crippen molar-refractivity contribution in [3.63, 3.8) is 0 Å². The van der Waals surface area contributed by atoms with Gasteiger partial charge in [-0.25, -0.2) is 10.1 Å². The first-order valence-electron chi connectivity index (χ1n) is 8.17. The number of pyridine rings is 1. The van der Waals surface area contributed by atoms with Gasteiger partial charge in [-0.3, -0.25) is 4.57 Å². The molecule has 1 N–H and O–H groups in total. The standard InChI is InChI=1S/C19H17N4O2P/c1-13-7-3-5-9-16(13)26(24,17-10-6-4-8-14(17)2)25-15-11-12-20-19-18(15)21-23-22-19/h3-12H,1-2H3,(H,20,21,22,23). The van der Waals surface area contributed by atoms with Gasteiger partial charge in [0.15, 0.2) is 16.9 Å². The van der Waals surface area contributed by atoms with E-state index in [4.69, 9.17) is 4.52 Å². The zero-order valence-electron chi connectivity index (χ0n) is 14.4. The molecule has 0 saturated heterocycles. The molecule has 0 atom stereocenters. The van der Waals surface area contributed by atoms with E-state index in [9.17, 15) is 4.57 Å². The minimum atomic E-state index is -3.41. The van der Waals surface area contributed by atoms with Crippen LogP contribution in [0.15, 0.2) is 60.8 Å². The number of aryl methyl sites for hydroxylation is 2. The lowest BCUT2D eigenvalue weighted by molar-refractivity contribution is 0.504. The molecule has 0 bridgehead atoms. The highest BCUT2D eigenvalue weighted by Gasteiger charge is 2.34. The number of hydrogen-bond acceptors (Lipinski definition) is 5. The summed E-state index contributed by atoms with van der Waals surface area (Å²) in [6.45, 7) is 3.86. The van der Waals surface area contributed by atoms with Crippen LogP contribution in [0.25, 0.3) is 11.2 Å². The molecule has 4 rings (SSSR count). The molecule has 0 aliphatic carbocycles. The largest absolute Gasteiger partial charge is 0.434 e. The summed E-state index contributed by atoms with van der Waals surface area (Å²) in [5, 5.41) is 11.8. The Morgan fingerprint density at radius 1 is 0.923 bits per heavy atom. The fourth-order valence-corrected chi connectivity index (χ4v) is 5.49. The third-order valence-corrected chi connectivity index (χ3v) is 7.01. The van der Waals surface area contributed by atoms with Crippen LogP contribution in [0.1, 0.15) is 11.1 Å². The Bertz CT molecular complexity index is 1090. The van der Waals surface area contributed by atoms with Crippen molar-refractivity contribution in [3.8, 4) is 5.75 Å². The number of hydrogen-bond donors (Lipinski definition) is 1. The Morgan fingerprint density at radius 3 is 2.15 bits per heavy atom. The van der Waals surface area contributed by atoms with Gasteiger partial charge in [-0.2, -0.15) is 0 Å². The number of fused-ring (bicyclic) bond motifs is 1. The smallest absolute Gasteiger partial charge is 0.307 e. The minimum Gasteiger partial charge on any atom is -0.434 e. The van der Waals surface area contributed by atoms with E-state index in [2.05, 4.69) is 20.4 Å². The van der Waals surface area contributed by atoms with Crippen molar-refractivity contribution in [1.29, 1.82) is 0 Å². The zero-order chi connectivity index (χ0) is 18.1. The van der Waals surface area contributed by atoms with Crippen LogP contribution < -0.4 is 15.1 Å². The van der Waals surface area contributed by atoms with Crippen molar-refractivity contribution in [3.05, 3.63) is 71.9 Å². The second-order valence-corrected chi connectivity index (χ2v) is 8.28. The van der Waals surface area contributed by atoms with Crippen molar-refractivity contribution >= 4 is 29.1 Å². The van der Waals surface area contributed by atoms with Crippen molar-refractivity contribution in [2.45, 2.75) is 13.8 Å². The second kappa shape index (κ2) is 6.39. The van der Waals surface area contributed by atoms with E-state index < -0.39 is 7.37 Å². The van der Waals surface area contributed by atoms with Crippen LogP contribution in [0.3, 0.4) is 0 Å². The summed E-state index contributed by atoms with van der Waals surface area (Å²) in [5.74, 6) is 0.388. The average molecular weight is 364 g/mol. The Labute approximate surface area is 150 Å². The van der Waals surface area contributed by atoms with Crippen molar-refractivity contribution < 1.29 is 9.09 Å². The van der Waals surface area contributed by atoms with E-state index >= 15 is 0 Å². The lowest BCUT2D eigenvalue weighted by Gasteiger charge is -2.23. The van der Waals surface area contributed by atoms with Crippen molar-refractivity contribution in [2.75, 3.05) is 0 Å². The van der Waals surface area contributed by atoms with Crippen LogP contribution in [0.5, 0.6) is 5.75 Å². The number of aromatic nitrogens is 4. The number of nitrogens with one attached hydrogen (secondary N) is 1. The van der Waals surface area contributed by atoms with Gasteiger partial charge in [-0.15, -0.1) is 5.10 Å². The minimum absolute atomic E-state index is 0.388. The Morgan fingerprint density at radius 2 is 1.54 bits per heavy atom. The van der Waals surface area contributed by atoms with Crippen molar-refractivity contribution in [2.24, 2.45) is 0 Å². The maximum Gasteiger partial charge on any atom is 0.307 e. The molecule has 0 fully saturated rings. The normalized spacial score (nSPS) is 11.6. The van der Waals surface area contributed by atoms with Gasteiger partial charge in [0.25, 0.3) is 0 Å². The van der Waals surface area contributed by atoms with E-state index in [-0.39, 0.29) is 0 Å². The van der Waals surface area contributed by atoms with E-state index in [1.807, 2.05) is 62.4 Å². The first-order valence-corrected chi connectivity index (χ1v) is 9.80. The highest BCUT2D eigenvalue weighted by atomic mass is 31.2. The van der Waals surface area contributed by atoms with Crippen LogP contribution in [0.2, 0.25) is 0 Å². The SMILES string of the molecule is Cc1ccccc1P(=O)(Oc1ccnc2[nH]nnc12)c1ccccc1C. The Hall–Kier alpha value is -2.98. The maximum atomic E-state index is 14.3. The first kappa shape index (κ1) is 16.5. The van der Waals surface area contributed by atoms with Gasteiger partial charge in [-0.05, 0) is 37.1 Å². The summed E-state index contributed by atoms with van der Waals surface area (Å²) >= 11 is 0. The van der Waals surface area contributed by atoms with Crippen LogP contribution in [0, 0.1) is 13.8 Å². The summed E-state index contributed by atoms with van der Waals surface area (Å²) in [6, 6.07) is 16.8. The molecule has 0 saturated carbocycles. The fraction of sp³-hybridized carbons (Fsp3) is 0.105. The molecular formula is C19H17N4O2P. The fourth-order valence-electron chi connectivity index (χ4n) is 2.96. The number of benzene rings is 2. The molecule has 0 amide bonds. The van der Waals surface area contributed by atoms with Gasteiger partial charge >= 0.3 is 7.37 Å². The molecule has 0 radical (unpaired) electrons. The summed E-state index contributed by atoms with van der Waals surface area (Å²) in [4.78, 5) is 4.16. The third-order valence-electron chi connectivity index (χ3n) is 4.29. The zero-order valence-corrected chi connectivity index (χ0v) is 15.3. The van der Waals surface area contributed by atoms with Crippen LogP contribution >= 0.6 is 7.37 Å². The van der Waals surface area contributed by atoms with Gasteiger partial charge in [0.05, 0.1) is 10.6 Å². The molecule has 2 aromatic heterocycles. The van der Waals surface area contributed by atoms with E-state index in [0.717, 1.165) is 11.1 Å². The number of rotatable bonds is 4. The summed E-state index contributed by atoms with van der Waals surface area (Å²) < 4.78 is 20.5. The lowest BCUT2D eigenvalue weighted by atomic mass is 10.2. The molecular weight excluding hydrogens is 347 g/mol. The molecule has 0 aliphatic rings. The topological polar surface area (TPSA) is 80.8 Å². The van der Waals surface area contributed by atoms with Crippen LogP contribution in [-0.4, -0.2) is 20.4 Å². The highest BCUT2D eigenvalue weighted by Crippen LogP contribution is 2.47. The molecule has 130 valence electrons. The molecule has 4 aromatic rings. The molecule has 6 nitrogen and oxygen atoms in total. The van der Waals surface area contributed by atoms with Gasteiger partial charge in [-0.1, -0.05) is 41.6 Å². The summed E-state index contributed by atoms with van der Waals surface area (Å²) in [7, 11) is -3.41. The Balaban J connectivity index is 1.95. The van der Waals surface area contributed by atoms with Gasteiger partial charge in [0, 0.05) is 12.3 Å². The molecule has 2 aromatic carbocycles. The predicted molar refractivity (Wildman–Crippen MR) is 102 cm³/mol. The third kappa shape index (κ3) is 2.68. The average Bonchev–Trinajstić information content (AvgIpc) is 3.12. The predicted octanol–water partition coefficient (Wildman–Crippen LogP) is 3.28. The van der Waals surface area contributed by atoms with Crippen LogP contribution in [-0.2, 0) is 4.57 Å². The van der Waals surface area contributed by atoms with E-state index in [1.165, 1.54) is 0 Å². The van der Waals surface area contributed by atoms with Crippen LogP contribution in [0.4, 0.5) is 0 Å². The summed E-state index contributed by atoms with van der Waals surface area (Å²) in [5.41, 5.74) is 2.76. The van der Waals surface area contributed by atoms with E-state index in [1.54, 1.807) is 12.3 Å². The number of H-pyrrole nitrogens is 1. The van der Waals surface area contributed by atoms with Gasteiger partial charge < -0.3 is 4.52 Å². The molecule has 0 aliphatic heterocycles. The molecule has 0 unspecified atom stereocenters. The number of nitrogens with zero attached hydrogens (tertiary/aromatic N) is 3. The highest BCUT2D eigenvalue weighted by molar-refractivity contribution is 7.74. The molecule has 7 heteroatoms. The second-order valence-electron chi connectivity index (χ2n) is 6.03. The first-order chi connectivity index (χ1) is 12.6. The quantitative estimate of drug-likeness (QED) is 0.562. The number of aromatic amines is 1. The van der Waals surface area contributed by atoms with Gasteiger partial charge in [0.1, 0.15) is 0 Å². The lowest BCUT2D eigenvalue weighted by Crippen LogP contribution is -2.24. The monoisotopic (exact) mass is 364 g/mol. The van der Waals surface area contributed by atoms with Gasteiger partial charge in [0.2, 0.25) is 0 Å². The Kier molecular flexibility index (Phi) is 4.05. The van der Waals surface area contributed by atoms with E-state index in [0.29, 0.717) is 27.5 Å². The molecule has 26 heavy (non-hydrogen) atoms. The maximum absolute atomic E-state index is 14.3. The molecule has 0 spiro atoms. The van der Waals surface area contributed by atoms with Crippen molar-refractivity contribution in [1.82, 2.24) is 20.4 Å². The summed E-state index contributed by atoms with van der Waals surface area (Å²) in [6.07, 6.45) is 1.58.